The van der Waals surface area contributed by atoms with Gasteiger partial charge in [-0.1, -0.05) is 30.3 Å². The quantitative estimate of drug-likeness (QED) is 0.746. The molecule has 0 aliphatic heterocycles. The first-order chi connectivity index (χ1) is 12.9. The number of nitrogens with one attached hydrogen (secondary N) is 1. The molecule has 0 aliphatic rings. The van der Waals surface area contributed by atoms with Crippen LogP contribution in [-0.4, -0.2) is 29.3 Å². The summed E-state index contributed by atoms with van der Waals surface area (Å²) >= 11 is 0. The second-order valence-corrected chi connectivity index (χ2v) is 5.65. The monoisotopic (exact) mass is 408 g/mol. The van der Waals surface area contributed by atoms with E-state index >= 15 is 0 Å². The van der Waals surface area contributed by atoms with Gasteiger partial charge in [0, 0.05) is 23.9 Å². The Morgan fingerprint density at radius 2 is 1.71 bits per heavy atom. The number of aliphatic hydroxyl groups is 1. The van der Waals surface area contributed by atoms with E-state index in [4.69, 9.17) is 4.74 Å². The molecule has 1 aromatic heterocycles. The van der Waals surface area contributed by atoms with E-state index in [1.54, 1.807) is 5.32 Å². The summed E-state index contributed by atoms with van der Waals surface area (Å²) in [4.78, 5) is 15.6. The predicted molar refractivity (Wildman–Crippen MR) is 84.0 cm³/mol. The number of methoxy groups -OCH3 is 1. The molecule has 0 aliphatic carbocycles. The van der Waals surface area contributed by atoms with Crippen LogP contribution < -0.4 is 10.1 Å². The van der Waals surface area contributed by atoms with E-state index in [1.165, 1.54) is 18.2 Å². The second kappa shape index (κ2) is 7.66. The number of ether oxygens (including phenoxy) is 1. The Kier molecular flexibility index (Phi) is 5.88. The molecule has 0 fully saturated rings. The Hall–Kier alpha value is -2.82. The molecule has 5 nitrogen and oxygen atoms in total. The fraction of sp³-hybridized carbons (Fsp3) is 0.294. The number of amides is 1. The first kappa shape index (κ1) is 21.5. The van der Waals surface area contributed by atoms with Crippen molar-refractivity contribution in [2.24, 2.45) is 0 Å². The van der Waals surface area contributed by atoms with E-state index in [0.717, 1.165) is 19.2 Å². The van der Waals surface area contributed by atoms with Crippen molar-refractivity contribution in [3.8, 4) is 5.88 Å². The molecule has 2 N–H and O–H groups in total. The van der Waals surface area contributed by atoms with Gasteiger partial charge in [-0.25, -0.2) is 4.98 Å². The number of hydrogen-bond donors (Lipinski definition) is 2. The number of halogens is 6. The summed E-state index contributed by atoms with van der Waals surface area (Å²) in [5.74, 6) is -2.17. The van der Waals surface area contributed by atoms with Gasteiger partial charge in [-0.15, -0.1) is 0 Å². The molecule has 28 heavy (non-hydrogen) atoms. The van der Waals surface area contributed by atoms with Gasteiger partial charge >= 0.3 is 12.4 Å². The highest BCUT2D eigenvalue weighted by molar-refractivity contribution is 5.87. The van der Waals surface area contributed by atoms with Gasteiger partial charge in [0.2, 0.25) is 5.88 Å². The van der Waals surface area contributed by atoms with E-state index in [2.05, 4.69) is 4.98 Å². The van der Waals surface area contributed by atoms with Crippen LogP contribution in [0.4, 0.5) is 26.3 Å². The largest absolute Gasteiger partial charge is 0.481 e. The molecule has 1 aromatic carbocycles. The Morgan fingerprint density at radius 3 is 2.21 bits per heavy atom. The van der Waals surface area contributed by atoms with Crippen molar-refractivity contribution in [2.45, 2.75) is 24.5 Å². The number of carbonyl (C=O) groups is 1. The molecular formula is C17H14F6N2O3. The maximum absolute atomic E-state index is 13.4. The first-order valence-electron chi connectivity index (χ1n) is 7.64. The zero-order valence-electron chi connectivity index (χ0n) is 14.2. The zero-order valence-corrected chi connectivity index (χ0v) is 14.2. The highest BCUT2D eigenvalue weighted by Gasteiger charge is 2.60. The normalized spacial score (nSPS) is 14.3. The van der Waals surface area contributed by atoms with Crippen LogP contribution in [0.2, 0.25) is 0 Å². The van der Waals surface area contributed by atoms with Crippen molar-refractivity contribution in [1.29, 1.82) is 0 Å². The van der Waals surface area contributed by atoms with Gasteiger partial charge in [0.25, 0.3) is 11.5 Å². The molecule has 0 bridgehead atoms. The molecule has 152 valence electrons. The van der Waals surface area contributed by atoms with Gasteiger partial charge in [0.05, 0.1) is 12.7 Å². The molecule has 0 radical (unpaired) electrons. The van der Waals surface area contributed by atoms with Crippen molar-refractivity contribution >= 4 is 5.91 Å². The summed E-state index contributed by atoms with van der Waals surface area (Å²) in [6.07, 6.45) is -9.65. The lowest BCUT2D eigenvalue weighted by atomic mass is 9.92. The molecule has 1 amide bonds. The zero-order chi connectivity index (χ0) is 21.2. The number of rotatable bonds is 5. The smallest absolute Gasteiger partial charge is 0.430 e. The lowest BCUT2D eigenvalue weighted by molar-refractivity contribution is -0.257. The lowest BCUT2D eigenvalue weighted by Gasteiger charge is -2.29. The third kappa shape index (κ3) is 4.19. The SMILES string of the molecule is COc1ncc(C(F)(F)F)cc1CNC(=O)C(O)(c1ccccc1)C(F)(F)F. The topological polar surface area (TPSA) is 71.5 Å². The standard InChI is InChI=1S/C17H14F6N2O3/c1-28-13-10(7-12(9-24-13)16(18,19)20)8-25-14(26)15(27,17(21,22)23)11-5-3-2-4-6-11/h2-7,9,27H,8H2,1H3,(H,25,26). The minimum absolute atomic E-state index is 0.316. The number of hydrogen-bond acceptors (Lipinski definition) is 4. The minimum atomic E-state index is -5.38. The average Bonchev–Trinajstić information content (AvgIpc) is 2.64. The molecule has 2 aromatic rings. The fourth-order valence-corrected chi connectivity index (χ4v) is 2.37. The predicted octanol–water partition coefficient (Wildman–Crippen LogP) is 3.18. The van der Waals surface area contributed by atoms with E-state index in [-0.39, 0.29) is 11.4 Å². The second-order valence-electron chi connectivity index (χ2n) is 5.65. The van der Waals surface area contributed by atoms with Crippen LogP contribution in [0.5, 0.6) is 5.88 Å². The van der Waals surface area contributed by atoms with Crippen molar-refractivity contribution in [3.63, 3.8) is 0 Å². The van der Waals surface area contributed by atoms with Crippen molar-refractivity contribution < 1.29 is 41.0 Å². The Labute approximate surface area is 155 Å². The Balaban J connectivity index is 2.34. The molecular weight excluding hydrogens is 394 g/mol. The maximum Gasteiger partial charge on any atom is 0.430 e. The molecule has 0 saturated carbocycles. The van der Waals surface area contributed by atoms with Crippen LogP contribution in [0, 0.1) is 0 Å². The highest BCUT2D eigenvalue weighted by Crippen LogP contribution is 2.39. The Morgan fingerprint density at radius 1 is 1.11 bits per heavy atom. The summed E-state index contributed by atoms with van der Waals surface area (Å²) in [6, 6.07) is 6.16. The number of benzene rings is 1. The highest BCUT2D eigenvalue weighted by atomic mass is 19.4. The molecule has 1 atom stereocenters. The van der Waals surface area contributed by atoms with Gasteiger partial charge in [0.15, 0.2) is 0 Å². The van der Waals surface area contributed by atoms with Crippen LogP contribution in [0.1, 0.15) is 16.7 Å². The van der Waals surface area contributed by atoms with E-state index in [0.29, 0.717) is 12.3 Å². The number of pyridine rings is 1. The summed E-state index contributed by atoms with van der Waals surface area (Å²) in [7, 11) is 1.09. The molecule has 2 rings (SSSR count). The number of alkyl halides is 6. The third-order valence-corrected chi connectivity index (χ3v) is 3.82. The molecule has 1 heterocycles. The van der Waals surface area contributed by atoms with Crippen molar-refractivity contribution in [1.82, 2.24) is 10.3 Å². The van der Waals surface area contributed by atoms with Gasteiger partial charge in [-0.2, -0.15) is 26.3 Å². The first-order valence-corrected chi connectivity index (χ1v) is 7.64. The lowest BCUT2D eigenvalue weighted by Crippen LogP contribution is -2.54. The van der Waals surface area contributed by atoms with E-state index in [1.807, 2.05) is 0 Å². The van der Waals surface area contributed by atoms with Gasteiger partial charge in [-0.05, 0) is 6.07 Å². The number of nitrogens with zero attached hydrogens (tertiary/aromatic N) is 1. The summed E-state index contributed by atoms with van der Waals surface area (Å²) in [5.41, 5.74) is -6.12. The van der Waals surface area contributed by atoms with Crippen molar-refractivity contribution in [2.75, 3.05) is 7.11 Å². The number of carbonyl (C=O) groups excluding carboxylic acids is 1. The summed E-state index contributed by atoms with van der Waals surface area (Å²) < 4.78 is 83.5. The summed E-state index contributed by atoms with van der Waals surface area (Å²) in [6.45, 7) is -0.788. The van der Waals surface area contributed by atoms with Crippen LogP contribution >= 0.6 is 0 Å². The molecule has 1 unspecified atom stereocenters. The van der Waals surface area contributed by atoms with Crippen molar-refractivity contribution in [3.05, 3.63) is 59.3 Å². The number of aromatic nitrogens is 1. The average molecular weight is 408 g/mol. The van der Waals surface area contributed by atoms with E-state index < -0.39 is 41.5 Å². The van der Waals surface area contributed by atoms with Gasteiger partial charge in [0.1, 0.15) is 0 Å². The Bertz CT molecular complexity index is 839. The summed E-state index contributed by atoms with van der Waals surface area (Å²) in [5, 5.41) is 11.9. The maximum atomic E-state index is 13.4. The van der Waals surface area contributed by atoms with Crippen LogP contribution in [0.15, 0.2) is 42.6 Å². The third-order valence-electron chi connectivity index (χ3n) is 3.82. The molecule has 0 saturated heterocycles. The van der Waals surface area contributed by atoms with E-state index in [9.17, 15) is 36.2 Å². The van der Waals surface area contributed by atoms with Gasteiger partial charge in [-0.3, -0.25) is 4.79 Å². The molecule has 0 spiro atoms. The fourth-order valence-electron chi connectivity index (χ4n) is 2.37. The van der Waals surface area contributed by atoms with Gasteiger partial charge < -0.3 is 15.2 Å². The molecule has 11 heteroatoms. The minimum Gasteiger partial charge on any atom is -0.481 e. The van der Waals surface area contributed by atoms with Crippen LogP contribution in [-0.2, 0) is 23.1 Å². The van der Waals surface area contributed by atoms with Crippen LogP contribution in [0.25, 0.3) is 0 Å². The van der Waals surface area contributed by atoms with Crippen LogP contribution in [0.3, 0.4) is 0 Å².